The molecule has 3 heterocycles. The number of carbonyl (C=O) groups excluding carboxylic acids is 1. The number of aromatic amines is 1. The lowest BCUT2D eigenvalue weighted by Crippen LogP contribution is -2.17. The quantitative estimate of drug-likeness (QED) is 0.463. The summed E-state index contributed by atoms with van der Waals surface area (Å²) in [4.78, 5) is 28.1. The minimum Gasteiger partial charge on any atom is -0.362 e. The molecule has 1 saturated heterocycles. The van der Waals surface area contributed by atoms with Crippen LogP contribution >= 0.6 is 0 Å². The van der Waals surface area contributed by atoms with E-state index in [0.717, 1.165) is 37.3 Å². The number of H-pyrrole nitrogens is 1. The fourth-order valence-electron chi connectivity index (χ4n) is 3.95. The third-order valence-electron chi connectivity index (χ3n) is 5.63. The Morgan fingerprint density at radius 3 is 2.67 bits per heavy atom. The number of nitrogens with zero attached hydrogens (tertiary/aromatic N) is 2. The first kappa shape index (κ1) is 22.7. The van der Waals surface area contributed by atoms with Gasteiger partial charge in [0.15, 0.2) is 5.82 Å². The molecule has 0 saturated carbocycles. The van der Waals surface area contributed by atoms with Crippen molar-refractivity contribution in [1.29, 1.82) is 0 Å². The van der Waals surface area contributed by atoms with Gasteiger partial charge in [-0.25, -0.2) is 5.10 Å². The molecule has 0 aliphatic carbocycles. The van der Waals surface area contributed by atoms with E-state index < -0.39 is 29.2 Å². The molecule has 1 fully saturated rings. The number of anilines is 2. The van der Waals surface area contributed by atoms with Crippen molar-refractivity contribution in [2.75, 3.05) is 23.7 Å². The fourth-order valence-corrected chi connectivity index (χ4v) is 3.95. The third kappa shape index (κ3) is 4.98. The van der Waals surface area contributed by atoms with E-state index in [1.54, 1.807) is 13.0 Å². The lowest BCUT2D eigenvalue weighted by Gasteiger charge is -2.19. The molecular formula is C22H23F3N6O2. The van der Waals surface area contributed by atoms with E-state index in [1.807, 2.05) is 0 Å². The largest absolute Gasteiger partial charge is 0.416 e. The van der Waals surface area contributed by atoms with Crippen LogP contribution in [0.5, 0.6) is 0 Å². The smallest absolute Gasteiger partial charge is 0.362 e. The Labute approximate surface area is 187 Å². The summed E-state index contributed by atoms with van der Waals surface area (Å²) in [6.45, 7) is 4.56. The molecule has 2 atom stereocenters. The average Bonchev–Trinajstić information content (AvgIpc) is 3.29. The maximum atomic E-state index is 13.4. The van der Waals surface area contributed by atoms with Crippen LogP contribution in [0.2, 0.25) is 0 Å². The van der Waals surface area contributed by atoms with Crippen LogP contribution in [0.25, 0.3) is 10.8 Å². The Hall–Kier alpha value is -3.47. The second-order valence-electron chi connectivity index (χ2n) is 8.13. The van der Waals surface area contributed by atoms with Crippen molar-refractivity contribution in [3.05, 3.63) is 57.6 Å². The van der Waals surface area contributed by atoms with Gasteiger partial charge in [0.05, 0.1) is 17.0 Å². The topological polar surface area (TPSA) is 112 Å². The molecule has 0 spiro atoms. The van der Waals surface area contributed by atoms with E-state index in [4.69, 9.17) is 0 Å². The molecule has 1 amide bonds. The Bertz CT molecular complexity index is 1250. The molecular weight excluding hydrogens is 437 g/mol. The predicted molar refractivity (Wildman–Crippen MR) is 118 cm³/mol. The summed E-state index contributed by atoms with van der Waals surface area (Å²) < 4.78 is 40.3. The number of carbonyl (C=O) groups is 1. The average molecular weight is 460 g/mol. The van der Waals surface area contributed by atoms with Gasteiger partial charge in [-0.1, -0.05) is 0 Å². The van der Waals surface area contributed by atoms with Gasteiger partial charge in [-0.2, -0.15) is 18.3 Å². The number of nitrogens with one attached hydrogen (secondary N) is 4. The number of halogens is 3. The van der Waals surface area contributed by atoms with Gasteiger partial charge in [-0.3, -0.25) is 14.6 Å². The molecule has 8 nitrogen and oxygen atoms in total. The van der Waals surface area contributed by atoms with Gasteiger partial charge < -0.3 is 16.0 Å². The monoisotopic (exact) mass is 460 g/mol. The van der Waals surface area contributed by atoms with Gasteiger partial charge in [-0.15, -0.1) is 0 Å². The molecule has 174 valence electrons. The molecule has 11 heteroatoms. The van der Waals surface area contributed by atoms with Crippen molar-refractivity contribution in [2.24, 2.45) is 0 Å². The highest BCUT2D eigenvalue weighted by Crippen LogP contribution is 2.34. The standard InChI is InChI=1S/C22H23F3N6O2/c1-11(14-5-15(22(23,24)25)7-16(6-14)29-12(2)32)28-20-17-8-19(13-3-4-26-9-13)27-10-18(17)21(33)31-30-20/h5-8,10-11,13,26H,3-4,9H2,1-2H3,(H,28,30)(H,29,32)(H,31,33)/t11-,13?/m1/s1. The van der Waals surface area contributed by atoms with Crippen molar-refractivity contribution in [3.63, 3.8) is 0 Å². The second-order valence-corrected chi connectivity index (χ2v) is 8.13. The number of hydrogen-bond donors (Lipinski definition) is 4. The summed E-state index contributed by atoms with van der Waals surface area (Å²) in [6, 6.07) is 4.57. The van der Waals surface area contributed by atoms with Crippen LogP contribution in [-0.2, 0) is 11.0 Å². The Balaban J connectivity index is 1.72. The lowest BCUT2D eigenvalue weighted by atomic mass is 10.0. The number of benzene rings is 1. The Kier molecular flexibility index (Phi) is 6.07. The predicted octanol–water partition coefficient (Wildman–Crippen LogP) is 3.55. The van der Waals surface area contributed by atoms with Crippen molar-refractivity contribution in [2.45, 2.75) is 38.4 Å². The van der Waals surface area contributed by atoms with Crippen LogP contribution in [0.1, 0.15) is 49.0 Å². The third-order valence-corrected chi connectivity index (χ3v) is 5.63. The Morgan fingerprint density at radius 1 is 1.21 bits per heavy atom. The number of amides is 1. The van der Waals surface area contributed by atoms with E-state index in [1.165, 1.54) is 19.2 Å². The first-order valence-corrected chi connectivity index (χ1v) is 10.5. The van der Waals surface area contributed by atoms with E-state index in [0.29, 0.717) is 22.2 Å². The molecule has 1 unspecified atom stereocenters. The van der Waals surface area contributed by atoms with Crippen molar-refractivity contribution >= 4 is 28.2 Å². The first-order chi connectivity index (χ1) is 15.6. The highest BCUT2D eigenvalue weighted by atomic mass is 19.4. The fraction of sp³-hybridized carbons (Fsp3) is 0.364. The van der Waals surface area contributed by atoms with Crippen LogP contribution in [0.4, 0.5) is 24.7 Å². The van der Waals surface area contributed by atoms with Crippen LogP contribution in [0.3, 0.4) is 0 Å². The maximum Gasteiger partial charge on any atom is 0.416 e. The lowest BCUT2D eigenvalue weighted by molar-refractivity contribution is -0.137. The van der Waals surface area contributed by atoms with Crippen molar-refractivity contribution < 1.29 is 18.0 Å². The van der Waals surface area contributed by atoms with Crippen LogP contribution in [0.15, 0.2) is 35.3 Å². The zero-order valence-electron chi connectivity index (χ0n) is 18.0. The molecule has 1 aromatic carbocycles. The number of hydrogen-bond acceptors (Lipinski definition) is 6. The molecule has 4 rings (SSSR count). The summed E-state index contributed by atoms with van der Waals surface area (Å²) in [7, 11) is 0. The summed E-state index contributed by atoms with van der Waals surface area (Å²) in [5.74, 6) is 0.0588. The van der Waals surface area contributed by atoms with Gasteiger partial charge in [0.2, 0.25) is 5.91 Å². The normalized spacial score (nSPS) is 17.2. The summed E-state index contributed by atoms with van der Waals surface area (Å²) in [5.41, 5.74) is -0.122. The van der Waals surface area contributed by atoms with E-state index >= 15 is 0 Å². The van der Waals surface area contributed by atoms with Gasteiger partial charge >= 0.3 is 6.18 Å². The Morgan fingerprint density at radius 2 is 2.00 bits per heavy atom. The summed E-state index contributed by atoms with van der Waals surface area (Å²) in [6.07, 6.45) is -2.16. The zero-order valence-corrected chi connectivity index (χ0v) is 18.0. The molecule has 1 aliphatic heterocycles. The molecule has 4 N–H and O–H groups in total. The van der Waals surface area contributed by atoms with Crippen LogP contribution in [0, 0.1) is 0 Å². The summed E-state index contributed by atoms with van der Waals surface area (Å²) in [5, 5.41) is 16.2. The molecule has 2 aromatic heterocycles. The number of alkyl halides is 3. The summed E-state index contributed by atoms with van der Waals surface area (Å²) >= 11 is 0. The second kappa shape index (κ2) is 8.81. The first-order valence-electron chi connectivity index (χ1n) is 10.5. The number of fused-ring (bicyclic) bond motifs is 1. The van der Waals surface area contributed by atoms with Crippen molar-refractivity contribution in [1.82, 2.24) is 20.5 Å². The van der Waals surface area contributed by atoms with Crippen LogP contribution in [-0.4, -0.2) is 34.2 Å². The maximum absolute atomic E-state index is 13.4. The van der Waals surface area contributed by atoms with Gasteiger partial charge in [0, 0.05) is 42.4 Å². The molecule has 3 aromatic rings. The van der Waals surface area contributed by atoms with Gasteiger partial charge in [-0.05, 0) is 49.7 Å². The number of rotatable bonds is 5. The number of pyridine rings is 1. The number of aromatic nitrogens is 3. The highest BCUT2D eigenvalue weighted by Gasteiger charge is 2.32. The van der Waals surface area contributed by atoms with Gasteiger partial charge in [0.1, 0.15) is 0 Å². The minimum atomic E-state index is -4.58. The SMILES string of the molecule is CC(=O)Nc1cc([C@@H](C)Nc2n[nH]c(=O)c3cnc(C4CCNC4)cc23)cc(C(F)(F)F)c1. The van der Waals surface area contributed by atoms with E-state index in [2.05, 4.69) is 31.1 Å². The molecule has 0 bridgehead atoms. The van der Waals surface area contributed by atoms with E-state index in [9.17, 15) is 22.8 Å². The zero-order chi connectivity index (χ0) is 23.8. The van der Waals surface area contributed by atoms with Gasteiger partial charge in [0.25, 0.3) is 5.56 Å². The van der Waals surface area contributed by atoms with Crippen LogP contribution < -0.4 is 21.5 Å². The minimum absolute atomic E-state index is 0.0421. The highest BCUT2D eigenvalue weighted by molar-refractivity contribution is 5.91. The molecule has 33 heavy (non-hydrogen) atoms. The molecule has 1 aliphatic rings. The van der Waals surface area contributed by atoms with Crippen molar-refractivity contribution in [3.8, 4) is 0 Å². The molecule has 0 radical (unpaired) electrons. The van der Waals surface area contributed by atoms with E-state index in [-0.39, 0.29) is 11.6 Å².